The number of halogens is 2. The van der Waals surface area contributed by atoms with Gasteiger partial charge in [-0.2, -0.15) is 0 Å². The predicted molar refractivity (Wildman–Crippen MR) is 54.8 cm³/mol. The average Bonchev–Trinajstić information content (AvgIpc) is 2.11. The van der Waals surface area contributed by atoms with Gasteiger partial charge in [0, 0.05) is 3.57 Å². The molecule has 0 saturated heterocycles. The van der Waals surface area contributed by atoms with Gasteiger partial charge >= 0.3 is 5.97 Å². The molecule has 0 spiro atoms. The number of rotatable bonds is 2. The molecule has 1 rings (SSSR count). The number of carbonyl (C=O) groups is 1. The standard InChI is InChI=1S/C9H8FIO2/c1-13-9(12)5-6-2-3-7(10)8(11)4-6/h2-4H,5H2,1H3. The molecule has 1 aromatic rings. The molecular formula is C9H8FIO2. The molecule has 1 aromatic carbocycles. The van der Waals surface area contributed by atoms with E-state index in [1.165, 1.54) is 13.2 Å². The normalized spacial score (nSPS) is 9.77. The molecule has 4 heteroatoms. The Hall–Kier alpha value is -0.650. The number of benzene rings is 1. The lowest BCUT2D eigenvalue weighted by molar-refractivity contribution is -0.139. The van der Waals surface area contributed by atoms with Gasteiger partial charge in [0.1, 0.15) is 5.82 Å². The molecule has 0 unspecified atom stereocenters. The van der Waals surface area contributed by atoms with E-state index in [1.807, 2.05) is 22.6 Å². The van der Waals surface area contributed by atoms with Gasteiger partial charge in [-0.3, -0.25) is 4.79 Å². The molecule has 0 fully saturated rings. The summed E-state index contributed by atoms with van der Waals surface area (Å²) in [4.78, 5) is 10.9. The first-order chi connectivity index (χ1) is 6.13. The quantitative estimate of drug-likeness (QED) is 0.617. The fraction of sp³-hybridized carbons (Fsp3) is 0.222. The van der Waals surface area contributed by atoms with Gasteiger partial charge in [-0.05, 0) is 40.3 Å². The minimum Gasteiger partial charge on any atom is -0.469 e. The van der Waals surface area contributed by atoms with Gasteiger partial charge in [0.05, 0.1) is 13.5 Å². The largest absolute Gasteiger partial charge is 0.469 e. The molecule has 0 aliphatic carbocycles. The highest BCUT2D eigenvalue weighted by atomic mass is 127. The summed E-state index contributed by atoms with van der Waals surface area (Å²) in [6, 6.07) is 4.56. The maximum atomic E-state index is 12.8. The lowest BCUT2D eigenvalue weighted by atomic mass is 10.1. The van der Waals surface area contributed by atoms with E-state index < -0.39 is 0 Å². The second-order valence-corrected chi connectivity index (χ2v) is 3.66. The molecule has 0 aliphatic rings. The summed E-state index contributed by atoms with van der Waals surface area (Å²) in [5, 5.41) is 0. The van der Waals surface area contributed by atoms with Crippen molar-refractivity contribution in [1.82, 2.24) is 0 Å². The fourth-order valence-corrected chi connectivity index (χ4v) is 1.47. The van der Waals surface area contributed by atoms with Crippen LogP contribution in [0.2, 0.25) is 0 Å². The molecule has 0 aliphatic heterocycles. The van der Waals surface area contributed by atoms with Crippen molar-refractivity contribution in [2.24, 2.45) is 0 Å². The van der Waals surface area contributed by atoms with Crippen LogP contribution < -0.4 is 0 Å². The maximum absolute atomic E-state index is 12.8. The molecular weight excluding hydrogens is 286 g/mol. The second-order valence-electron chi connectivity index (χ2n) is 2.50. The topological polar surface area (TPSA) is 26.3 Å². The van der Waals surface area contributed by atoms with Crippen LogP contribution in [0.4, 0.5) is 4.39 Å². The number of esters is 1. The maximum Gasteiger partial charge on any atom is 0.309 e. The van der Waals surface area contributed by atoms with Crippen LogP contribution >= 0.6 is 22.6 Å². The molecule has 0 amide bonds. The van der Waals surface area contributed by atoms with Gasteiger partial charge < -0.3 is 4.74 Å². The van der Waals surface area contributed by atoms with Crippen molar-refractivity contribution in [1.29, 1.82) is 0 Å². The number of hydrogen-bond donors (Lipinski definition) is 0. The number of carbonyl (C=O) groups excluding carboxylic acids is 1. The van der Waals surface area contributed by atoms with Gasteiger partial charge in [0.15, 0.2) is 0 Å². The number of methoxy groups -OCH3 is 1. The van der Waals surface area contributed by atoms with Crippen molar-refractivity contribution in [2.75, 3.05) is 7.11 Å². The van der Waals surface area contributed by atoms with Gasteiger partial charge in [-0.1, -0.05) is 6.07 Å². The molecule has 0 heterocycles. The van der Waals surface area contributed by atoms with Crippen LogP contribution in [0.15, 0.2) is 18.2 Å². The molecule has 0 N–H and O–H groups in total. The zero-order chi connectivity index (χ0) is 9.84. The van der Waals surface area contributed by atoms with Gasteiger partial charge in [-0.25, -0.2) is 4.39 Å². The molecule has 0 radical (unpaired) electrons. The van der Waals surface area contributed by atoms with Crippen LogP contribution in [-0.2, 0) is 16.0 Å². The van der Waals surface area contributed by atoms with Crippen molar-refractivity contribution in [3.05, 3.63) is 33.1 Å². The van der Waals surface area contributed by atoms with Crippen molar-refractivity contribution in [3.8, 4) is 0 Å². The summed E-state index contributed by atoms with van der Waals surface area (Å²) in [5.41, 5.74) is 0.762. The second kappa shape index (κ2) is 4.55. The lowest BCUT2D eigenvalue weighted by Gasteiger charge is -2.00. The Morgan fingerprint density at radius 2 is 2.31 bits per heavy atom. The monoisotopic (exact) mass is 294 g/mol. The SMILES string of the molecule is COC(=O)Cc1ccc(F)c(I)c1. The van der Waals surface area contributed by atoms with E-state index in [2.05, 4.69) is 4.74 Å². The van der Waals surface area contributed by atoms with Crippen molar-refractivity contribution in [3.63, 3.8) is 0 Å². The van der Waals surface area contributed by atoms with E-state index in [-0.39, 0.29) is 18.2 Å². The summed E-state index contributed by atoms with van der Waals surface area (Å²) in [7, 11) is 1.33. The molecule has 2 nitrogen and oxygen atoms in total. The summed E-state index contributed by atoms with van der Waals surface area (Å²) >= 11 is 1.88. The van der Waals surface area contributed by atoms with Crippen molar-refractivity contribution in [2.45, 2.75) is 6.42 Å². The van der Waals surface area contributed by atoms with Gasteiger partial charge in [-0.15, -0.1) is 0 Å². The van der Waals surface area contributed by atoms with Crippen LogP contribution in [0.3, 0.4) is 0 Å². The smallest absolute Gasteiger partial charge is 0.309 e. The first-order valence-corrected chi connectivity index (χ1v) is 4.72. The van der Waals surface area contributed by atoms with Crippen molar-refractivity contribution >= 4 is 28.6 Å². The van der Waals surface area contributed by atoms with E-state index in [0.29, 0.717) is 3.57 Å². The molecule has 0 atom stereocenters. The minimum atomic E-state index is -0.317. The summed E-state index contributed by atoms with van der Waals surface area (Å²) in [6.45, 7) is 0. The third-order valence-electron chi connectivity index (χ3n) is 1.56. The highest BCUT2D eigenvalue weighted by Gasteiger charge is 2.05. The Kier molecular flexibility index (Phi) is 3.65. The van der Waals surface area contributed by atoms with Gasteiger partial charge in [0.25, 0.3) is 0 Å². The van der Waals surface area contributed by atoms with E-state index in [1.54, 1.807) is 12.1 Å². The van der Waals surface area contributed by atoms with E-state index >= 15 is 0 Å². The van der Waals surface area contributed by atoms with Gasteiger partial charge in [0.2, 0.25) is 0 Å². The van der Waals surface area contributed by atoms with Crippen molar-refractivity contribution < 1.29 is 13.9 Å². The van der Waals surface area contributed by atoms with Crippen LogP contribution in [-0.4, -0.2) is 13.1 Å². The highest BCUT2D eigenvalue weighted by Crippen LogP contribution is 2.13. The Balaban J connectivity index is 2.79. The Morgan fingerprint density at radius 3 is 2.85 bits per heavy atom. The predicted octanol–water partition coefficient (Wildman–Crippen LogP) is 2.15. The molecule has 13 heavy (non-hydrogen) atoms. The van der Waals surface area contributed by atoms with E-state index in [9.17, 15) is 9.18 Å². The third kappa shape index (κ3) is 2.95. The third-order valence-corrected chi connectivity index (χ3v) is 2.39. The highest BCUT2D eigenvalue weighted by molar-refractivity contribution is 14.1. The van der Waals surface area contributed by atoms with Crippen LogP contribution in [0, 0.1) is 9.39 Å². The Bertz CT molecular complexity index is 325. The number of ether oxygens (including phenoxy) is 1. The number of hydrogen-bond acceptors (Lipinski definition) is 2. The summed E-state index contributed by atoms with van der Waals surface area (Å²) < 4.78 is 17.8. The minimum absolute atomic E-state index is 0.187. The van der Waals surface area contributed by atoms with Crippen LogP contribution in [0.5, 0.6) is 0 Å². The Labute approximate surface area is 89.2 Å². The summed E-state index contributed by atoms with van der Waals surface area (Å²) in [6.07, 6.45) is 0.187. The molecule has 70 valence electrons. The lowest BCUT2D eigenvalue weighted by Crippen LogP contribution is -2.04. The zero-order valence-corrected chi connectivity index (χ0v) is 9.17. The fourth-order valence-electron chi connectivity index (χ4n) is 0.888. The van der Waals surface area contributed by atoms with Crippen LogP contribution in [0.1, 0.15) is 5.56 Å². The zero-order valence-electron chi connectivity index (χ0n) is 7.01. The molecule has 0 aromatic heterocycles. The van der Waals surface area contributed by atoms with Crippen LogP contribution in [0.25, 0.3) is 0 Å². The first-order valence-electron chi connectivity index (χ1n) is 3.64. The molecule has 0 saturated carbocycles. The van der Waals surface area contributed by atoms with E-state index in [0.717, 1.165) is 5.56 Å². The first kappa shape index (κ1) is 10.4. The Morgan fingerprint density at radius 1 is 1.62 bits per heavy atom. The summed E-state index contributed by atoms with van der Waals surface area (Å²) in [5.74, 6) is -0.586. The van der Waals surface area contributed by atoms with E-state index in [4.69, 9.17) is 0 Å². The molecule has 0 bridgehead atoms. The average molecular weight is 294 g/mol.